The van der Waals surface area contributed by atoms with Crippen molar-refractivity contribution in [2.75, 3.05) is 18.9 Å². The third-order valence-corrected chi connectivity index (χ3v) is 5.34. The molecule has 0 heterocycles. The van der Waals surface area contributed by atoms with Crippen LogP contribution in [0.2, 0.25) is 0 Å². The summed E-state index contributed by atoms with van der Waals surface area (Å²) in [5, 5.41) is 9.30. The number of sulfonamides is 1. The fourth-order valence-electron chi connectivity index (χ4n) is 2.65. The van der Waals surface area contributed by atoms with E-state index in [1.165, 1.54) is 0 Å². The molecule has 1 saturated carbocycles. The molecule has 0 aromatic carbocycles. The lowest BCUT2D eigenvalue weighted by atomic mass is 9.80. The van der Waals surface area contributed by atoms with E-state index in [1.54, 1.807) is 0 Å². The first-order valence-corrected chi connectivity index (χ1v) is 8.47. The van der Waals surface area contributed by atoms with Gasteiger partial charge in [-0.2, -0.15) is 0 Å². The Balaban J connectivity index is 2.48. The summed E-state index contributed by atoms with van der Waals surface area (Å²) in [5.41, 5.74) is -0.227. The van der Waals surface area contributed by atoms with E-state index in [1.807, 2.05) is 20.8 Å². The number of rotatable bonds is 5. The minimum atomic E-state index is -3.20. The van der Waals surface area contributed by atoms with Crippen LogP contribution in [0.15, 0.2) is 0 Å². The predicted molar refractivity (Wildman–Crippen MR) is 73.8 cm³/mol. The highest BCUT2D eigenvalue weighted by molar-refractivity contribution is 7.89. The number of hydrogen-bond donors (Lipinski definition) is 2. The van der Waals surface area contributed by atoms with Crippen LogP contribution in [0.1, 0.15) is 46.5 Å². The SMILES string of the molecule is CC(C)(C)CS(=O)(=O)NCC1CCCCC1CO. The van der Waals surface area contributed by atoms with E-state index in [-0.39, 0.29) is 23.7 Å². The normalized spacial score (nSPS) is 26.2. The van der Waals surface area contributed by atoms with Crippen molar-refractivity contribution in [3.8, 4) is 0 Å². The molecule has 0 bridgehead atoms. The molecule has 2 N–H and O–H groups in total. The van der Waals surface area contributed by atoms with Gasteiger partial charge in [0.1, 0.15) is 0 Å². The summed E-state index contributed by atoms with van der Waals surface area (Å²) >= 11 is 0. The first-order chi connectivity index (χ1) is 8.23. The third kappa shape index (κ3) is 5.67. The van der Waals surface area contributed by atoms with Crippen LogP contribution in [0.5, 0.6) is 0 Å². The summed E-state index contributed by atoms with van der Waals surface area (Å²) in [6.07, 6.45) is 4.32. The molecule has 1 aliphatic carbocycles. The van der Waals surface area contributed by atoms with Crippen LogP contribution in [0.3, 0.4) is 0 Å². The van der Waals surface area contributed by atoms with Gasteiger partial charge in [0, 0.05) is 13.2 Å². The summed E-state index contributed by atoms with van der Waals surface area (Å²) in [5.74, 6) is 0.700. The highest BCUT2D eigenvalue weighted by atomic mass is 32.2. The van der Waals surface area contributed by atoms with Gasteiger partial charge >= 0.3 is 0 Å². The van der Waals surface area contributed by atoms with Gasteiger partial charge in [0.15, 0.2) is 0 Å². The molecule has 0 aliphatic heterocycles. The zero-order valence-electron chi connectivity index (χ0n) is 11.8. The Bertz CT molecular complexity index is 346. The van der Waals surface area contributed by atoms with Crippen molar-refractivity contribution in [1.82, 2.24) is 4.72 Å². The Hall–Kier alpha value is -0.130. The molecule has 1 rings (SSSR count). The van der Waals surface area contributed by atoms with Gasteiger partial charge in [-0.05, 0) is 30.1 Å². The summed E-state index contributed by atoms with van der Waals surface area (Å²) < 4.78 is 26.5. The summed E-state index contributed by atoms with van der Waals surface area (Å²) in [6, 6.07) is 0. The van der Waals surface area contributed by atoms with E-state index >= 15 is 0 Å². The quantitative estimate of drug-likeness (QED) is 0.804. The van der Waals surface area contributed by atoms with Crippen molar-refractivity contribution in [1.29, 1.82) is 0 Å². The molecule has 0 amide bonds. The molecule has 0 aromatic heterocycles. The molecular weight excluding hydrogens is 250 g/mol. The minimum absolute atomic E-state index is 0.149. The van der Waals surface area contributed by atoms with Crippen molar-refractivity contribution in [2.45, 2.75) is 46.5 Å². The molecule has 2 atom stereocenters. The summed E-state index contributed by atoms with van der Waals surface area (Å²) in [4.78, 5) is 0. The average molecular weight is 277 g/mol. The minimum Gasteiger partial charge on any atom is -0.396 e. The number of hydrogen-bond acceptors (Lipinski definition) is 3. The van der Waals surface area contributed by atoms with Crippen LogP contribution in [-0.2, 0) is 10.0 Å². The molecule has 0 radical (unpaired) electrons. The molecule has 0 saturated heterocycles. The second-order valence-electron chi connectivity index (χ2n) is 6.66. The smallest absolute Gasteiger partial charge is 0.212 e. The lowest BCUT2D eigenvalue weighted by molar-refractivity contribution is 0.136. The standard InChI is InChI=1S/C13H27NO3S/c1-13(2,3)10-18(16,17)14-8-11-6-4-5-7-12(11)9-15/h11-12,14-15H,4-10H2,1-3H3. The van der Waals surface area contributed by atoms with Gasteiger partial charge in [0.05, 0.1) is 5.75 Å². The van der Waals surface area contributed by atoms with E-state index in [0.29, 0.717) is 12.5 Å². The third-order valence-electron chi connectivity index (χ3n) is 3.49. The number of nitrogens with one attached hydrogen (secondary N) is 1. The molecule has 0 aromatic rings. The molecule has 18 heavy (non-hydrogen) atoms. The van der Waals surface area contributed by atoms with Crippen molar-refractivity contribution in [3.63, 3.8) is 0 Å². The van der Waals surface area contributed by atoms with Crippen LogP contribution in [0, 0.1) is 17.3 Å². The maximum atomic E-state index is 11.9. The van der Waals surface area contributed by atoms with E-state index < -0.39 is 10.0 Å². The molecule has 5 heteroatoms. The Morgan fingerprint density at radius 1 is 1.17 bits per heavy atom. The molecular formula is C13H27NO3S. The van der Waals surface area contributed by atoms with Crippen molar-refractivity contribution >= 4 is 10.0 Å². The zero-order valence-corrected chi connectivity index (χ0v) is 12.6. The molecule has 1 fully saturated rings. The topological polar surface area (TPSA) is 66.4 Å². The van der Waals surface area contributed by atoms with Crippen LogP contribution in [0.25, 0.3) is 0 Å². The van der Waals surface area contributed by atoms with Crippen LogP contribution in [0.4, 0.5) is 0 Å². The largest absolute Gasteiger partial charge is 0.396 e. The van der Waals surface area contributed by atoms with Crippen LogP contribution in [-0.4, -0.2) is 32.4 Å². The first kappa shape index (κ1) is 15.9. The maximum absolute atomic E-state index is 11.9. The molecule has 4 nitrogen and oxygen atoms in total. The van der Waals surface area contributed by atoms with Crippen molar-refractivity contribution in [2.24, 2.45) is 17.3 Å². The summed E-state index contributed by atoms with van der Waals surface area (Å²) in [6.45, 7) is 6.41. The highest BCUT2D eigenvalue weighted by Gasteiger charge is 2.27. The van der Waals surface area contributed by atoms with Gasteiger partial charge in [-0.25, -0.2) is 13.1 Å². The molecule has 108 valence electrons. The van der Waals surface area contributed by atoms with E-state index in [9.17, 15) is 13.5 Å². The number of aliphatic hydroxyl groups excluding tert-OH is 1. The Kier molecular flexibility index (Phi) is 5.62. The highest BCUT2D eigenvalue weighted by Crippen LogP contribution is 2.29. The first-order valence-electron chi connectivity index (χ1n) is 6.82. The van der Waals surface area contributed by atoms with Gasteiger partial charge in [0.2, 0.25) is 10.0 Å². The Labute approximate surface area is 111 Å². The summed E-state index contributed by atoms with van der Waals surface area (Å²) in [7, 11) is -3.20. The van der Waals surface area contributed by atoms with Gasteiger partial charge in [-0.3, -0.25) is 0 Å². The molecule has 2 unspecified atom stereocenters. The fourth-order valence-corrected chi connectivity index (χ4v) is 4.36. The van der Waals surface area contributed by atoms with E-state index in [0.717, 1.165) is 25.7 Å². The lowest BCUT2D eigenvalue weighted by Gasteiger charge is -2.30. The van der Waals surface area contributed by atoms with Crippen molar-refractivity contribution in [3.05, 3.63) is 0 Å². The second-order valence-corrected chi connectivity index (χ2v) is 8.46. The maximum Gasteiger partial charge on any atom is 0.212 e. The van der Waals surface area contributed by atoms with Gasteiger partial charge in [-0.15, -0.1) is 0 Å². The van der Waals surface area contributed by atoms with Crippen LogP contribution < -0.4 is 4.72 Å². The van der Waals surface area contributed by atoms with Crippen molar-refractivity contribution < 1.29 is 13.5 Å². The molecule has 1 aliphatic rings. The number of aliphatic hydroxyl groups is 1. The monoisotopic (exact) mass is 277 g/mol. The second kappa shape index (κ2) is 6.35. The predicted octanol–water partition coefficient (Wildman–Crippen LogP) is 1.75. The van der Waals surface area contributed by atoms with Gasteiger partial charge in [0.25, 0.3) is 0 Å². The van der Waals surface area contributed by atoms with E-state index in [4.69, 9.17) is 0 Å². The zero-order chi connectivity index (χ0) is 13.8. The lowest BCUT2D eigenvalue weighted by Crippen LogP contribution is -2.38. The fraction of sp³-hybridized carbons (Fsp3) is 1.00. The van der Waals surface area contributed by atoms with Crippen LogP contribution >= 0.6 is 0 Å². The van der Waals surface area contributed by atoms with Gasteiger partial charge < -0.3 is 5.11 Å². The Morgan fingerprint density at radius 3 is 2.22 bits per heavy atom. The van der Waals surface area contributed by atoms with E-state index in [2.05, 4.69) is 4.72 Å². The Morgan fingerprint density at radius 2 is 1.72 bits per heavy atom. The molecule has 0 spiro atoms. The van der Waals surface area contributed by atoms with Gasteiger partial charge in [-0.1, -0.05) is 33.6 Å². The average Bonchev–Trinajstić information content (AvgIpc) is 2.23.